The van der Waals surface area contributed by atoms with E-state index in [0.717, 1.165) is 4.90 Å². The second-order valence-corrected chi connectivity index (χ2v) is 9.95. The summed E-state index contributed by atoms with van der Waals surface area (Å²) in [6.07, 6.45) is 1.21. The second-order valence-electron chi connectivity index (χ2n) is 7.12. The summed E-state index contributed by atoms with van der Waals surface area (Å²) in [7, 11) is -4.19. The molecule has 1 saturated heterocycles. The molecule has 0 unspecified atom stereocenters. The minimum Gasteiger partial charge on any atom is -0.377 e. The standard InChI is InChI=1S/C23H13Cl3N2O6S/c24-14-5-7-17(8-6-14)35(32,33)34-20-9-4-13(11-19(20)26)10-18-21(29)27-23(31)28(22(18)30)16-3-1-2-15(25)12-16/h1-12H,(H,27,29,31)/b18-10+. The largest absolute Gasteiger partial charge is 0.377 e. The van der Waals surface area contributed by atoms with Crippen LogP contribution in [0.1, 0.15) is 5.56 Å². The Labute approximate surface area is 214 Å². The van der Waals surface area contributed by atoms with E-state index in [1.807, 2.05) is 0 Å². The van der Waals surface area contributed by atoms with E-state index in [1.165, 1.54) is 60.7 Å². The zero-order chi connectivity index (χ0) is 25.3. The topological polar surface area (TPSA) is 110 Å². The Morgan fingerprint density at radius 3 is 2.23 bits per heavy atom. The van der Waals surface area contributed by atoms with E-state index < -0.39 is 28.0 Å². The molecule has 35 heavy (non-hydrogen) atoms. The van der Waals surface area contributed by atoms with Gasteiger partial charge in [-0.2, -0.15) is 8.42 Å². The predicted octanol–water partition coefficient (Wildman–Crippen LogP) is 5.08. The van der Waals surface area contributed by atoms with E-state index in [-0.39, 0.29) is 32.5 Å². The van der Waals surface area contributed by atoms with Crippen molar-refractivity contribution in [2.45, 2.75) is 4.90 Å². The Morgan fingerprint density at radius 1 is 0.857 bits per heavy atom. The van der Waals surface area contributed by atoms with Crippen LogP contribution < -0.4 is 14.4 Å². The summed E-state index contributed by atoms with van der Waals surface area (Å²) in [6, 6.07) is 14.4. The number of urea groups is 1. The van der Waals surface area contributed by atoms with Gasteiger partial charge in [-0.25, -0.2) is 9.69 Å². The zero-order valence-corrected chi connectivity index (χ0v) is 20.5. The molecule has 0 spiro atoms. The van der Waals surface area contributed by atoms with E-state index in [0.29, 0.717) is 10.0 Å². The molecule has 3 aromatic carbocycles. The normalized spacial score (nSPS) is 15.3. The SMILES string of the molecule is O=C1NC(=O)N(c2cccc(Cl)c2)C(=O)/C1=C/c1ccc(OS(=O)(=O)c2ccc(Cl)cc2)c(Cl)c1. The minimum atomic E-state index is -4.19. The lowest BCUT2D eigenvalue weighted by Gasteiger charge is -2.26. The first-order valence-electron chi connectivity index (χ1n) is 9.72. The van der Waals surface area contributed by atoms with Gasteiger partial charge in [-0.3, -0.25) is 14.9 Å². The molecule has 1 aliphatic heterocycles. The third-order valence-electron chi connectivity index (χ3n) is 4.74. The number of carbonyl (C=O) groups excluding carboxylic acids is 3. The van der Waals surface area contributed by atoms with Crippen LogP contribution in [-0.2, 0) is 19.7 Å². The molecule has 0 aromatic heterocycles. The van der Waals surface area contributed by atoms with Crippen molar-refractivity contribution < 1.29 is 27.0 Å². The van der Waals surface area contributed by atoms with Gasteiger partial charge in [0.25, 0.3) is 11.8 Å². The van der Waals surface area contributed by atoms with Crippen molar-refractivity contribution >= 4 is 74.5 Å². The number of anilines is 1. The van der Waals surface area contributed by atoms with Crippen LogP contribution in [-0.4, -0.2) is 26.3 Å². The van der Waals surface area contributed by atoms with Gasteiger partial charge in [0, 0.05) is 10.0 Å². The van der Waals surface area contributed by atoms with E-state index in [4.69, 9.17) is 39.0 Å². The van der Waals surface area contributed by atoms with E-state index >= 15 is 0 Å². The molecule has 0 radical (unpaired) electrons. The summed E-state index contributed by atoms with van der Waals surface area (Å²) in [6.45, 7) is 0. The van der Waals surface area contributed by atoms with Crippen LogP contribution >= 0.6 is 34.8 Å². The molecule has 0 atom stereocenters. The predicted molar refractivity (Wildman–Crippen MR) is 131 cm³/mol. The van der Waals surface area contributed by atoms with Crippen LogP contribution in [0.3, 0.4) is 0 Å². The lowest BCUT2D eigenvalue weighted by atomic mass is 10.1. The van der Waals surface area contributed by atoms with Crippen LogP contribution in [0.2, 0.25) is 15.1 Å². The van der Waals surface area contributed by atoms with Crippen molar-refractivity contribution in [2.75, 3.05) is 4.90 Å². The lowest BCUT2D eigenvalue weighted by Crippen LogP contribution is -2.54. The molecular weight excluding hydrogens is 539 g/mol. The summed E-state index contributed by atoms with van der Waals surface area (Å²) in [5.74, 6) is -1.94. The van der Waals surface area contributed by atoms with Gasteiger partial charge < -0.3 is 4.18 Å². The maximum Gasteiger partial charge on any atom is 0.339 e. The van der Waals surface area contributed by atoms with Crippen molar-refractivity contribution in [1.82, 2.24) is 5.32 Å². The summed E-state index contributed by atoms with van der Waals surface area (Å²) in [4.78, 5) is 38.3. The Bertz CT molecular complexity index is 1500. The highest BCUT2D eigenvalue weighted by Crippen LogP contribution is 2.30. The number of imide groups is 2. The number of rotatable bonds is 5. The van der Waals surface area contributed by atoms with Gasteiger partial charge in [0.1, 0.15) is 10.5 Å². The summed E-state index contributed by atoms with van der Waals surface area (Å²) < 4.78 is 30.1. The molecule has 1 N–H and O–H groups in total. The molecule has 178 valence electrons. The third-order valence-corrected chi connectivity index (χ3v) is 6.77. The number of hydrogen-bond donors (Lipinski definition) is 1. The van der Waals surface area contributed by atoms with Crippen LogP contribution in [0, 0.1) is 0 Å². The van der Waals surface area contributed by atoms with Crippen LogP contribution in [0.25, 0.3) is 6.08 Å². The number of nitrogens with one attached hydrogen (secondary N) is 1. The summed E-state index contributed by atoms with van der Waals surface area (Å²) in [5.41, 5.74) is 0.112. The molecule has 4 amide bonds. The van der Waals surface area contributed by atoms with Crippen molar-refractivity contribution in [1.29, 1.82) is 0 Å². The average Bonchev–Trinajstić information content (AvgIpc) is 2.78. The molecule has 1 aliphatic rings. The number of barbiturate groups is 1. The minimum absolute atomic E-state index is 0.0941. The fourth-order valence-corrected chi connectivity index (χ4v) is 4.65. The Hall–Kier alpha value is -3.37. The van der Waals surface area contributed by atoms with Gasteiger partial charge in [-0.15, -0.1) is 0 Å². The molecular formula is C23H13Cl3N2O6S. The van der Waals surface area contributed by atoms with Crippen molar-refractivity contribution in [2.24, 2.45) is 0 Å². The zero-order valence-electron chi connectivity index (χ0n) is 17.4. The molecule has 3 aromatic rings. The Balaban J connectivity index is 1.62. The van der Waals surface area contributed by atoms with Gasteiger partial charge in [0.2, 0.25) is 0 Å². The number of nitrogens with zero attached hydrogens (tertiary/aromatic N) is 1. The third kappa shape index (κ3) is 5.33. The van der Waals surface area contributed by atoms with Gasteiger partial charge in [-0.05, 0) is 66.2 Å². The highest BCUT2D eigenvalue weighted by molar-refractivity contribution is 7.87. The molecule has 1 fully saturated rings. The fourth-order valence-electron chi connectivity index (χ4n) is 3.12. The van der Waals surface area contributed by atoms with Gasteiger partial charge >= 0.3 is 16.1 Å². The molecule has 12 heteroatoms. The van der Waals surface area contributed by atoms with Crippen molar-refractivity contribution in [3.63, 3.8) is 0 Å². The van der Waals surface area contributed by atoms with E-state index in [9.17, 15) is 22.8 Å². The maximum absolute atomic E-state index is 13.0. The van der Waals surface area contributed by atoms with Crippen LogP contribution in [0.15, 0.2) is 77.2 Å². The fraction of sp³-hybridized carbons (Fsp3) is 0. The first kappa shape index (κ1) is 24.7. The monoisotopic (exact) mass is 550 g/mol. The molecule has 0 bridgehead atoms. The number of hydrogen-bond acceptors (Lipinski definition) is 6. The van der Waals surface area contributed by atoms with Crippen LogP contribution in [0.5, 0.6) is 5.75 Å². The molecule has 0 saturated carbocycles. The smallest absolute Gasteiger partial charge is 0.339 e. The van der Waals surface area contributed by atoms with E-state index in [2.05, 4.69) is 5.32 Å². The number of amides is 4. The Kier molecular flexibility index (Phi) is 6.86. The highest BCUT2D eigenvalue weighted by atomic mass is 35.5. The quantitative estimate of drug-likeness (QED) is 0.269. The highest BCUT2D eigenvalue weighted by Gasteiger charge is 2.37. The molecule has 8 nitrogen and oxygen atoms in total. The van der Waals surface area contributed by atoms with Gasteiger partial charge in [-0.1, -0.05) is 46.9 Å². The van der Waals surface area contributed by atoms with Crippen LogP contribution in [0.4, 0.5) is 10.5 Å². The van der Waals surface area contributed by atoms with Gasteiger partial charge in [0.15, 0.2) is 5.75 Å². The number of halogens is 3. The van der Waals surface area contributed by atoms with Crippen molar-refractivity contribution in [3.8, 4) is 5.75 Å². The molecule has 4 rings (SSSR count). The number of benzene rings is 3. The first-order chi connectivity index (χ1) is 16.5. The lowest BCUT2D eigenvalue weighted by molar-refractivity contribution is -0.122. The summed E-state index contributed by atoms with van der Waals surface area (Å²) >= 11 is 17.9. The second kappa shape index (κ2) is 9.71. The summed E-state index contributed by atoms with van der Waals surface area (Å²) in [5, 5.41) is 2.65. The molecule has 0 aliphatic carbocycles. The number of carbonyl (C=O) groups is 3. The average molecular weight is 552 g/mol. The van der Waals surface area contributed by atoms with Gasteiger partial charge in [0.05, 0.1) is 10.7 Å². The molecule has 1 heterocycles. The Morgan fingerprint density at radius 2 is 1.57 bits per heavy atom. The first-order valence-corrected chi connectivity index (χ1v) is 12.3. The van der Waals surface area contributed by atoms with Crippen molar-refractivity contribution in [3.05, 3.63) is 92.9 Å². The maximum atomic E-state index is 13.0. The van der Waals surface area contributed by atoms with E-state index in [1.54, 1.807) is 12.1 Å².